The summed E-state index contributed by atoms with van der Waals surface area (Å²) in [5, 5.41) is 12.6. The molecule has 4 nitrogen and oxygen atoms in total. The number of carbonyl (C=O) groups is 1. The Morgan fingerprint density at radius 2 is 2.05 bits per heavy atom. The maximum absolute atomic E-state index is 11.0. The van der Waals surface area contributed by atoms with Gasteiger partial charge in [-0.25, -0.2) is 9.78 Å². The number of hydrogen-bond donors (Lipinski definition) is 2. The summed E-state index contributed by atoms with van der Waals surface area (Å²) in [6.45, 7) is 0. The molecule has 0 saturated heterocycles. The standard InChI is InChI=1S/C12H7BrCl2N2O2/c13-11-7(14)2-1-3-9(11)17-10-4-6(12(18)19)8(15)5-16-10/h1-5H,(H,16,17)(H,18,19). The largest absolute Gasteiger partial charge is 0.478 e. The summed E-state index contributed by atoms with van der Waals surface area (Å²) < 4.78 is 0.672. The van der Waals surface area contributed by atoms with Crippen molar-refractivity contribution in [1.29, 1.82) is 0 Å². The van der Waals surface area contributed by atoms with Crippen LogP contribution in [0.2, 0.25) is 10.0 Å². The summed E-state index contributed by atoms with van der Waals surface area (Å²) in [6, 6.07) is 6.64. The summed E-state index contributed by atoms with van der Waals surface area (Å²) in [4.78, 5) is 15.0. The molecule has 0 spiro atoms. The lowest BCUT2D eigenvalue weighted by Crippen LogP contribution is -2.01. The van der Waals surface area contributed by atoms with Crippen molar-refractivity contribution < 1.29 is 9.90 Å². The summed E-state index contributed by atoms with van der Waals surface area (Å²) in [7, 11) is 0. The number of nitrogens with one attached hydrogen (secondary N) is 1. The fraction of sp³-hybridized carbons (Fsp3) is 0. The van der Waals surface area contributed by atoms with Gasteiger partial charge in [-0.2, -0.15) is 0 Å². The monoisotopic (exact) mass is 360 g/mol. The van der Waals surface area contributed by atoms with Crippen molar-refractivity contribution in [3.8, 4) is 0 Å². The first-order valence-electron chi connectivity index (χ1n) is 5.09. The van der Waals surface area contributed by atoms with E-state index in [2.05, 4.69) is 26.2 Å². The number of rotatable bonds is 3. The second-order valence-corrected chi connectivity index (χ2v) is 5.19. The van der Waals surface area contributed by atoms with E-state index in [0.717, 1.165) is 0 Å². The van der Waals surface area contributed by atoms with Crippen LogP contribution in [0, 0.1) is 0 Å². The van der Waals surface area contributed by atoms with Gasteiger partial charge in [-0.15, -0.1) is 0 Å². The number of pyridine rings is 1. The highest BCUT2D eigenvalue weighted by Gasteiger charge is 2.11. The van der Waals surface area contributed by atoms with Gasteiger partial charge in [0.15, 0.2) is 0 Å². The molecular formula is C12H7BrCl2N2O2. The second kappa shape index (κ2) is 5.77. The number of hydrogen-bond acceptors (Lipinski definition) is 3. The Labute approximate surface area is 127 Å². The number of nitrogens with zero attached hydrogens (tertiary/aromatic N) is 1. The number of carboxylic acids is 1. The highest BCUT2D eigenvalue weighted by molar-refractivity contribution is 9.10. The molecular weight excluding hydrogens is 355 g/mol. The van der Waals surface area contributed by atoms with Crippen LogP contribution in [0.25, 0.3) is 0 Å². The van der Waals surface area contributed by atoms with E-state index in [1.54, 1.807) is 18.2 Å². The van der Waals surface area contributed by atoms with Crippen LogP contribution in [-0.2, 0) is 0 Å². The fourth-order valence-electron chi connectivity index (χ4n) is 1.41. The van der Waals surface area contributed by atoms with Crippen molar-refractivity contribution >= 4 is 56.6 Å². The topological polar surface area (TPSA) is 62.2 Å². The third-order valence-electron chi connectivity index (χ3n) is 2.30. The van der Waals surface area contributed by atoms with E-state index in [1.807, 2.05) is 0 Å². The van der Waals surface area contributed by atoms with Gasteiger partial charge in [0.05, 0.1) is 25.8 Å². The van der Waals surface area contributed by atoms with Gasteiger partial charge in [0.25, 0.3) is 0 Å². The molecule has 7 heteroatoms. The minimum atomic E-state index is -1.11. The van der Waals surface area contributed by atoms with Gasteiger partial charge in [-0.05, 0) is 34.1 Å². The Hall–Kier alpha value is -1.30. The maximum atomic E-state index is 11.0. The molecule has 2 aromatic rings. The molecule has 2 N–H and O–H groups in total. The molecule has 0 radical (unpaired) electrons. The maximum Gasteiger partial charge on any atom is 0.337 e. The number of carboxylic acid groups (broad SMARTS) is 1. The molecule has 0 aliphatic carbocycles. The van der Waals surface area contributed by atoms with Gasteiger partial charge in [0.2, 0.25) is 0 Å². The first-order chi connectivity index (χ1) is 8.99. The van der Waals surface area contributed by atoms with Crippen LogP contribution < -0.4 is 5.32 Å². The lowest BCUT2D eigenvalue weighted by molar-refractivity contribution is 0.0697. The predicted octanol–water partition coefficient (Wildman–Crippen LogP) is 4.59. The average Bonchev–Trinajstić information content (AvgIpc) is 2.37. The Balaban J connectivity index is 2.36. The molecule has 0 fully saturated rings. The highest BCUT2D eigenvalue weighted by atomic mass is 79.9. The first kappa shape index (κ1) is 14.1. The minimum absolute atomic E-state index is 0.0164. The van der Waals surface area contributed by atoms with Crippen LogP contribution in [0.5, 0.6) is 0 Å². The van der Waals surface area contributed by atoms with E-state index in [0.29, 0.717) is 21.0 Å². The molecule has 1 aromatic heterocycles. The molecule has 0 amide bonds. The second-order valence-electron chi connectivity index (χ2n) is 3.58. The predicted molar refractivity (Wildman–Crippen MR) is 78.6 cm³/mol. The molecule has 0 aliphatic rings. The first-order valence-corrected chi connectivity index (χ1v) is 6.64. The Morgan fingerprint density at radius 3 is 2.74 bits per heavy atom. The van der Waals surface area contributed by atoms with Gasteiger partial charge in [0.1, 0.15) is 5.82 Å². The Morgan fingerprint density at radius 1 is 1.32 bits per heavy atom. The molecule has 0 bridgehead atoms. The van der Waals surface area contributed by atoms with Crippen LogP contribution >= 0.6 is 39.1 Å². The molecule has 98 valence electrons. The molecule has 0 aliphatic heterocycles. The molecule has 19 heavy (non-hydrogen) atoms. The molecule has 1 aromatic carbocycles. The lowest BCUT2D eigenvalue weighted by atomic mass is 10.2. The zero-order chi connectivity index (χ0) is 14.0. The van der Waals surface area contributed by atoms with E-state index in [1.165, 1.54) is 12.3 Å². The van der Waals surface area contributed by atoms with Crippen LogP contribution in [0.1, 0.15) is 10.4 Å². The summed E-state index contributed by atoms with van der Waals surface area (Å²) in [6.07, 6.45) is 1.28. The molecule has 2 rings (SSSR count). The summed E-state index contributed by atoms with van der Waals surface area (Å²) in [5.74, 6) is -0.745. The highest BCUT2D eigenvalue weighted by Crippen LogP contribution is 2.32. The van der Waals surface area contributed by atoms with Gasteiger partial charge in [-0.3, -0.25) is 0 Å². The number of halogens is 3. The van der Waals surface area contributed by atoms with Crippen LogP contribution in [0.4, 0.5) is 11.5 Å². The fourth-order valence-corrected chi connectivity index (χ4v) is 2.13. The van der Waals surface area contributed by atoms with E-state index >= 15 is 0 Å². The molecule has 1 heterocycles. The minimum Gasteiger partial charge on any atom is -0.478 e. The third kappa shape index (κ3) is 3.18. The van der Waals surface area contributed by atoms with E-state index in [4.69, 9.17) is 28.3 Å². The van der Waals surface area contributed by atoms with Crippen molar-refractivity contribution in [1.82, 2.24) is 4.98 Å². The van der Waals surface area contributed by atoms with Gasteiger partial charge >= 0.3 is 5.97 Å². The normalized spacial score (nSPS) is 10.3. The van der Waals surface area contributed by atoms with Gasteiger partial charge < -0.3 is 10.4 Å². The lowest BCUT2D eigenvalue weighted by Gasteiger charge is -2.09. The summed E-state index contributed by atoms with van der Waals surface area (Å²) in [5.41, 5.74) is 0.663. The van der Waals surface area contributed by atoms with Crippen LogP contribution in [0.15, 0.2) is 34.9 Å². The smallest absolute Gasteiger partial charge is 0.337 e. The number of aromatic nitrogens is 1. The number of aromatic carboxylic acids is 1. The Kier molecular flexibility index (Phi) is 4.29. The van der Waals surface area contributed by atoms with Crippen LogP contribution in [0.3, 0.4) is 0 Å². The molecule has 0 atom stereocenters. The van der Waals surface area contributed by atoms with Crippen LogP contribution in [-0.4, -0.2) is 16.1 Å². The Bertz CT molecular complexity index is 650. The van der Waals surface area contributed by atoms with E-state index in [9.17, 15) is 4.79 Å². The number of anilines is 2. The molecule has 0 saturated carbocycles. The zero-order valence-corrected chi connectivity index (χ0v) is 12.4. The van der Waals surface area contributed by atoms with Gasteiger partial charge in [0, 0.05) is 6.20 Å². The third-order valence-corrected chi connectivity index (χ3v) is 4.00. The number of benzene rings is 1. The van der Waals surface area contributed by atoms with E-state index in [-0.39, 0.29) is 10.6 Å². The van der Waals surface area contributed by atoms with Crippen molar-refractivity contribution in [2.75, 3.05) is 5.32 Å². The van der Waals surface area contributed by atoms with Gasteiger partial charge in [-0.1, -0.05) is 29.3 Å². The van der Waals surface area contributed by atoms with Crippen molar-refractivity contribution in [2.24, 2.45) is 0 Å². The van der Waals surface area contributed by atoms with Crippen molar-refractivity contribution in [2.45, 2.75) is 0 Å². The zero-order valence-electron chi connectivity index (χ0n) is 9.32. The average molecular weight is 362 g/mol. The quantitative estimate of drug-likeness (QED) is 0.839. The summed E-state index contributed by atoms with van der Waals surface area (Å²) >= 11 is 15.0. The molecule has 0 unspecified atom stereocenters. The SMILES string of the molecule is O=C(O)c1cc(Nc2cccc(Cl)c2Br)ncc1Cl. The van der Waals surface area contributed by atoms with Crippen molar-refractivity contribution in [3.63, 3.8) is 0 Å². The van der Waals surface area contributed by atoms with Crippen molar-refractivity contribution in [3.05, 3.63) is 50.5 Å². The van der Waals surface area contributed by atoms with E-state index < -0.39 is 5.97 Å².